The van der Waals surface area contributed by atoms with Crippen LogP contribution in [-0.4, -0.2) is 49.5 Å². The van der Waals surface area contributed by atoms with Crippen molar-refractivity contribution in [2.75, 3.05) is 7.05 Å². The second-order valence-corrected chi connectivity index (χ2v) is 6.36. The zero-order valence-corrected chi connectivity index (χ0v) is 14.1. The van der Waals surface area contributed by atoms with Gasteiger partial charge in [0.2, 0.25) is 5.91 Å². The minimum Gasteiger partial charge on any atom is -0.337 e. The van der Waals surface area contributed by atoms with E-state index in [1.807, 2.05) is 53.7 Å². The largest absolute Gasteiger partial charge is 0.337 e. The molecule has 1 N–H and O–H groups in total. The maximum atomic E-state index is 12.2. The number of aryl methyl sites for hydroxylation is 1. The normalized spacial score (nSPS) is 22.8. The van der Waals surface area contributed by atoms with Crippen molar-refractivity contribution < 1.29 is 4.79 Å². The molecule has 3 rings (SSSR count). The van der Waals surface area contributed by atoms with Crippen molar-refractivity contribution in [1.82, 2.24) is 29.8 Å². The van der Waals surface area contributed by atoms with Crippen molar-refractivity contribution in [3.8, 4) is 0 Å². The number of nitrogens with one attached hydrogen (secondary N) is 1. The SMILES string of the molecule is Cc1c([C@H]2[C@H](NC(C)Cn3cccn3)CC(=O)N2C)cnn1C. The van der Waals surface area contributed by atoms with Crippen molar-refractivity contribution in [1.29, 1.82) is 0 Å². The van der Waals surface area contributed by atoms with Gasteiger partial charge in [0.25, 0.3) is 0 Å². The topological polar surface area (TPSA) is 68.0 Å². The average molecular weight is 316 g/mol. The molecule has 2 aromatic rings. The molecular weight excluding hydrogens is 292 g/mol. The van der Waals surface area contributed by atoms with Crippen molar-refractivity contribution in [3.05, 3.63) is 35.9 Å². The minimum atomic E-state index is 0.0243. The third kappa shape index (κ3) is 3.01. The number of nitrogens with zero attached hydrogens (tertiary/aromatic N) is 5. The number of carbonyl (C=O) groups excluding carboxylic acids is 1. The Morgan fingerprint density at radius 3 is 2.78 bits per heavy atom. The lowest BCUT2D eigenvalue weighted by atomic mass is 10.00. The van der Waals surface area contributed by atoms with E-state index in [2.05, 4.69) is 22.4 Å². The zero-order valence-electron chi connectivity index (χ0n) is 14.1. The highest BCUT2D eigenvalue weighted by atomic mass is 16.2. The van der Waals surface area contributed by atoms with Gasteiger partial charge in [-0.2, -0.15) is 10.2 Å². The van der Waals surface area contributed by atoms with E-state index in [1.165, 1.54) is 0 Å². The average Bonchev–Trinajstić information content (AvgIpc) is 3.17. The van der Waals surface area contributed by atoms with Gasteiger partial charge in [0.15, 0.2) is 0 Å². The highest BCUT2D eigenvalue weighted by Crippen LogP contribution is 2.33. The molecule has 23 heavy (non-hydrogen) atoms. The lowest BCUT2D eigenvalue weighted by Gasteiger charge is -2.28. The Bertz CT molecular complexity index is 677. The number of aromatic nitrogens is 4. The molecule has 0 spiro atoms. The second-order valence-electron chi connectivity index (χ2n) is 6.36. The quantitative estimate of drug-likeness (QED) is 0.889. The fraction of sp³-hybridized carbons (Fsp3) is 0.562. The molecule has 1 fully saturated rings. The molecule has 0 aliphatic carbocycles. The van der Waals surface area contributed by atoms with E-state index >= 15 is 0 Å². The van der Waals surface area contributed by atoms with E-state index in [9.17, 15) is 4.79 Å². The molecule has 0 aromatic carbocycles. The Labute approximate surface area is 136 Å². The van der Waals surface area contributed by atoms with Gasteiger partial charge in [0.1, 0.15) is 0 Å². The van der Waals surface area contributed by atoms with Gasteiger partial charge in [-0.3, -0.25) is 14.2 Å². The minimum absolute atomic E-state index is 0.0243. The summed E-state index contributed by atoms with van der Waals surface area (Å²) in [6, 6.07) is 2.25. The van der Waals surface area contributed by atoms with Gasteiger partial charge in [0.05, 0.1) is 18.8 Å². The van der Waals surface area contributed by atoms with E-state index in [0.29, 0.717) is 6.42 Å². The molecule has 3 heterocycles. The first-order chi connectivity index (χ1) is 11.0. The van der Waals surface area contributed by atoms with Crippen LogP contribution in [0.2, 0.25) is 0 Å². The van der Waals surface area contributed by atoms with Crippen molar-refractivity contribution in [3.63, 3.8) is 0 Å². The number of likely N-dealkylation sites (N-methyl/N-ethyl adjacent to an activating group) is 1. The predicted octanol–water partition coefficient (Wildman–Crippen LogP) is 0.875. The summed E-state index contributed by atoms with van der Waals surface area (Å²) in [6.45, 7) is 4.95. The van der Waals surface area contributed by atoms with Crippen LogP contribution in [0.15, 0.2) is 24.7 Å². The molecule has 0 radical (unpaired) electrons. The zero-order chi connectivity index (χ0) is 16.6. The molecule has 2 aromatic heterocycles. The molecule has 1 unspecified atom stereocenters. The van der Waals surface area contributed by atoms with Gasteiger partial charge >= 0.3 is 0 Å². The molecule has 1 saturated heterocycles. The van der Waals surface area contributed by atoms with Gasteiger partial charge < -0.3 is 10.2 Å². The number of carbonyl (C=O) groups is 1. The van der Waals surface area contributed by atoms with Crippen LogP contribution in [0.4, 0.5) is 0 Å². The Balaban J connectivity index is 1.76. The van der Waals surface area contributed by atoms with Crippen LogP contribution in [0.5, 0.6) is 0 Å². The van der Waals surface area contributed by atoms with Crippen LogP contribution >= 0.6 is 0 Å². The highest BCUT2D eigenvalue weighted by molar-refractivity contribution is 5.80. The van der Waals surface area contributed by atoms with Crippen LogP contribution in [0.25, 0.3) is 0 Å². The molecule has 1 aliphatic rings. The summed E-state index contributed by atoms with van der Waals surface area (Å²) < 4.78 is 3.76. The van der Waals surface area contributed by atoms with Crippen LogP contribution in [-0.2, 0) is 18.4 Å². The van der Waals surface area contributed by atoms with Crippen molar-refractivity contribution in [2.24, 2.45) is 7.05 Å². The van der Waals surface area contributed by atoms with E-state index in [0.717, 1.165) is 17.8 Å². The van der Waals surface area contributed by atoms with Gasteiger partial charge in [-0.25, -0.2) is 0 Å². The monoisotopic (exact) mass is 316 g/mol. The summed E-state index contributed by atoms with van der Waals surface area (Å²) in [5.74, 6) is 0.169. The smallest absolute Gasteiger partial charge is 0.224 e. The lowest BCUT2D eigenvalue weighted by molar-refractivity contribution is -0.127. The van der Waals surface area contributed by atoms with Crippen molar-refractivity contribution >= 4 is 5.91 Å². The summed E-state index contributed by atoms with van der Waals surface area (Å²) in [5, 5.41) is 12.2. The van der Waals surface area contributed by atoms with Gasteiger partial charge in [-0.15, -0.1) is 0 Å². The Kier molecular flexibility index (Phi) is 4.21. The summed E-state index contributed by atoms with van der Waals surface area (Å²) in [7, 11) is 3.80. The molecule has 3 atom stereocenters. The first-order valence-electron chi connectivity index (χ1n) is 7.95. The van der Waals surface area contributed by atoms with Gasteiger partial charge in [-0.1, -0.05) is 0 Å². The van der Waals surface area contributed by atoms with Gasteiger partial charge in [-0.05, 0) is 19.9 Å². The summed E-state index contributed by atoms with van der Waals surface area (Å²) >= 11 is 0. The number of amides is 1. The Hall–Kier alpha value is -2.15. The second kappa shape index (κ2) is 6.16. The van der Waals surface area contributed by atoms with Gasteiger partial charge in [0, 0.05) is 56.3 Å². The molecule has 1 amide bonds. The fourth-order valence-electron chi connectivity index (χ4n) is 3.36. The number of rotatable bonds is 5. The fourth-order valence-corrected chi connectivity index (χ4v) is 3.36. The molecule has 0 saturated carbocycles. The summed E-state index contributed by atoms with van der Waals surface area (Å²) in [6.07, 6.45) is 6.12. The van der Waals surface area contributed by atoms with E-state index < -0.39 is 0 Å². The standard InChI is InChI=1S/C16H24N6O/c1-11(10-22-7-5-6-17-22)19-14-8-15(23)20(3)16(14)13-9-18-21(4)12(13)2/h5-7,9,11,14,16,19H,8,10H2,1-4H3/t11?,14-,16+/m1/s1. The number of hydrogen-bond donors (Lipinski definition) is 1. The Morgan fingerprint density at radius 1 is 1.39 bits per heavy atom. The Morgan fingerprint density at radius 2 is 2.17 bits per heavy atom. The summed E-state index contributed by atoms with van der Waals surface area (Å²) in [5.41, 5.74) is 2.22. The first kappa shape index (κ1) is 15.7. The van der Waals surface area contributed by atoms with E-state index in [4.69, 9.17) is 0 Å². The third-order valence-corrected chi connectivity index (χ3v) is 4.70. The molecule has 7 heteroatoms. The van der Waals surface area contributed by atoms with E-state index in [1.54, 1.807) is 6.20 Å². The molecular formula is C16H24N6O. The molecule has 0 bridgehead atoms. The predicted molar refractivity (Wildman–Crippen MR) is 86.7 cm³/mol. The molecule has 7 nitrogen and oxygen atoms in total. The highest BCUT2D eigenvalue weighted by Gasteiger charge is 2.40. The van der Waals surface area contributed by atoms with E-state index in [-0.39, 0.29) is 24.0 Å². The first-order valence-corrected chi connectivity index (χ1v) is 7.95. The third-order valence-electron chi connectivity index (χ3n) is 4.70. The number of likely N-dealkylation sites (tertiary alicyclic amines) is 1. The van der Waals surface area contributed by atoms with Crippen LogP contribution in [0.3, 0.4) is 0 Å². The molecule has 1 aliphatic heterocycles. The molecule has 124 valence electrons. The van der Waals surface area contributed by atoms with Crippen LogP contribution < -0.4 is 5.32 Å². The van der Waals surface area contributed by atoms with Crippen LogP contribution in [0.1, 0.15) is 30.6 Å². The number of hydrogen-bond acceptors (Lipinski definition) is 4. The van der Waals surface area contributed by atoms with Crippen LogP contribution in [0, 0.1) is 6.92 Å². The summed E-state index contributed by atoms with van der Waals surface area (Å²) in [4.78, 5) is 14.1. The van der Waals surface area contributed by atoms with Crippen molar-refractivity contribution in [2.45, 2.75) is 44.9 Å². The maximum absolute atomic E-state index is 12.2. The lowest BCUT2D eigenvalue weighted by Crippen LogP contribution is -2.42. The maximum Gasteiger partial charge on any atom is 0.224 e.